The van der Waals surface area contributed by atoms with E-state index in [1.54, 1.807) is 11.3 Å². The Hall–Kier alpha value is -1.19. The third kappa shape index (κ3) is 2.58. The van der Waals surface area contributed by atoms with Crippen LogP contribution in [-0.4, -0.2) is 11.5 Å². The second kappa shape index (κ2) is 4.73. The van der Waals surface area contributed by atoms with E-state index in [4.69, 9.17) is 4.98 Å². The molecule has 0 bridgehead atoms. The molecule has 0 aliphatic carbocycles. The zero-order valence-electron chi connectivity index (χ0n) is 11.8. The van der Waals surface area contributed by atoms with Crippen molar-refractivity contribution in [3.05, 3.63) is 39.7 Å². The number of hydrogen-bond donors (Lipinski definition) is 1. The number of nitrogens with one attached hydrogen (secondary N) is 1. The van der Waals surface area contributed by atoms with Gasteiger partial charge in [-0.25, -0.2) is 4.98 Å². The van der Waals surface area contributed by atoms with Crippen molar-refractivity contribution in [3.63, 3.8) is 0 Å². The minimum absolute atomic E-state index is 0.140. The van der Waals surface area contributed by atoms with Crippen LogP contribution in [0.3, 0.4) is 0 Å². The zero-order valence-corrected chi connectivity index (χ0v) is 12.6. The second-order valence-corrected chi connectivity index (χ2v) is 7.06. The van der Waals surface area contributed by atoms with E-state index < -0.39 is 0 Å². The molecule has 1 aliphatic heterocycles. The number of benzene rings is 1. The Balaban J connectivity index is 1.96. The first-order valence-electron chi connectivity index (χ1n) is 6.83. The Labute approximate surface area is 118 Å². The molecular weight excluding hydrogens is 252 g/mol. The van der Waals surface area contributed by atoms with Gasteiger partial charge in [0.15, 0.2) is 0 Å². The summed E-state index contributed by atoms with van der Waals surface area (Å²) in [5, 5.41) is 6.80. The Kier molecular flexibility index (Phi) is 3.19. The highest BCUT2D eigenvalue weighted by molar-refractivity contribution is 7.10. The topological polar surface area (TPSA) is 24.9 Å². The lowest BCUT2D eigenvalue weighted by Gasteiger charge is -2.17. The Morgan fingerprint density at radius 1 is 1.21 bits per heavy atom. The average Bonchev–Trinajstić information content (AvgIpc) is 2.87. The predicted octanol–water partition coefficient (Wildman–Crippen LogP) is 3.75. The fourth-order valence-corrected chi connectivity index (χ4v) is 3.30. The molecule has 1 aromatic heterocycles. The third-order valence-corrected chi connectivity index (χ3v) is 4.80. The van der Waals surface area contributed by atoms with Crippen LogP contribution in [0.25, 0.3) is 11.3 Å². The summed E-state index contributed by atoms with van der Waals surface area (Å²) in [5.41, 5.74) is 5.42. The lowest BCUT2D eigenvalue weighted by Crippen LogP contribution is -2.23. The van der Waals surface area contributed by atoms with Gasteiger partial charge in [-0.1, -0.05) is 32.9 Å². The molecule has 0 saturated heterocycles. The van der Waals surface area contributed by atoms with Gasteiger partial charge >= 0.3 is 0 Å². The van der Waals surface area contributed by atoms with Crippen LogP contribution in [0.2, 0.25) is 0 Å². The number of hydrogen-bond acceptors (Lipinski definition) is 3. The number of aromatic nitrogens is 1. The standard InChI is InChI=1S/C16H20N2S/c1-16(2,3)15-18-14(10-19-15)12-4-5-13-9-17-7-6-11(13)8-12/h4-5,8,10,17H,6-7,9H2,1-3H3. The summed E-state index contributed by atoms with van der Waals surface area (Å²) < 4.78 is 0. The van der Waals surface area contributed by atoms with E-state index in [-0.39, 0.29) is 5.41 Å². The van der Waals surface area contributed by atoms with Gasteiger partial charge in [-0.2, -0.15) is 0 Å². The predicted molar refractivity (Wildman–Crippen MR) is 81.7 cm³/mol. The van der Waals surface area contributed by atoms with Crippen LogP contribution in [0.15, 0.2) is 23.6 Å². The lowest BCUT2D eigenvalue weighted by molar-refractivity contribution is 0.586. The van der Waals surface area contributed by atoms with Crippen molar-refractivity contribution in [1.82, 2.24) is 10.3 Å². The molecule has 3 rings (SSSR count). The SMILES string of the molecule is CC(C)(C)c1nc(-c2ccc3c(c2)CCNC3)cs1. The van der Waals surface area contributed by atoms with E-state index in [0.29, 0.717) is 0 Å². The maximum atomic E-state index is 4.80. The largest absolute Gasteiger partial charge is 0.312 e. The first-order valence-corrected chi connectivity index (χ1v) is 7.71. The first kappa shape index (κ1) is 12.8. The minimum Gasteiger partial charge on any atom is -0.312 e. The second-order valence-electron chi connectivity index (χ2n) is 6.20. The highest BCUT2D eigenvalue weighted by atomic mass is 32.1. The summed E-state index contributed by atoms with van der Waals surface area (Å²) in [7, 11) is 0. The molecule has 2 aromatic rings. The van der Waals surface area contributed by atoms with E-state index in [2.05, 4.69) is 49.7 Å². The van der Waals surface area contributed by atoms with E-state index in [9.17, 15) is 0 Å². The van der Waals surface area contributed by atoms with Crippen LogP contribution in [0.4, 0.5) is 0 Å². The average molecular weight is 272 g/mol. The monoisotopic (exact) mass is 272 g/mol. The number of nitrogens with zero attached hydrogens (tertiary/aromatic N) is 1. The molecular formula is C16H20N2S. The summed E-state index contributed by atoms with van der Waals surface area (Å²) in [6.45, 7) is 8.73. The Morgan fingerprint density at radius 2 is 2.05 bits per heavy atom. The molecule has 19 heavy (non-hydrogen) atoms. The molecule has 1 aromatic carbocycles. The van der Waals surface area contributed by atoms with Crippen molar-refractivity contribution < 1.29 is 0 Å². The summed E-state index contributed by atoms with van der Waals surface area (Å²) in [6.07, 6.45) is 1.12. The van der Waals surface area contributed by atoms with Crippen molar-refractivity contribution in [2.24, 2.45) is 0 Å². The van der Waals surface area contributed by atoms with Gasteiger partial charge in [-0.15, -0.1) is 11.3 Å². The van der Waals surface area contributed by atoms with Crippen molar-refractivity contribution >= 4 is 11.3 Å². The van der Waals surface area contributed by atoms with E-state index in [1.807, 2.05) is 0 Å². The van der Waals surface area contributed by atoms with Crippen molar-refractivity contribution in [2.45, 2.75) is 39.2 Å². The van der Waals surface area contributed by atoms with Crippen molar-refractivity contribution in [1.29, 1.82) is 0 Å². The molecule has 0 saturated carbocycles. The Morgan fingerprint density at radius 3 is 2.79 bits per heavy atom. The van der Waals surface area contributed by atoms with E-state index >= 15 is 0 Å². The van der Waals surface area contributed by atoms with Gasteiger partial charge in [0.25, 0.3) is 0 Å². The number of fused-ring (bicyclic) bond motifs is 1. The Bertz CT molecular complexity index is 593. The summed E-state index contributed by atoms with van der Waals surface area (Å²) in [4.78, 5) is 4.80. The zero-order chi connectivity index (χ0) is 13.5. The lowest BCUT2D eigenvalue weighted by atomic mass is 9.97. The summed E-state index contributed by atoms with van der Waals surface area (Å²) in [6, 6.07) is 6.76. The minimum atomic E-state index is 0.140. The molecule has 0 unspecified atom stereocenters. The van der Waals surface area contributed by atoms with E-state index in [1.165, 1.54) is 21.7 Å². The van der Waals surface area contributed by atoms with Gasteiger partial charge in [-0.05, 0) is 30.2 Å². The number of thiazole rings is 1. The highest BCUT2D eigenvalue weighted by Gasteiger charge is 2.19. The molecule has 2 nitrogen and oxygen atoms in total. The molecule has 0 radical (unpaired) electrons. The third-order valence-electron chi connectivity index (χ3n) is 3.53. The molecule has 3 heteroatoms. The molecule has 0 atom stereocenters. The van der Waals surface area contributed by atoms with Crippen molar-refractivity contribution in [3.8, 4) is 11.3 Å². The maximum absolute atomic E-state index is 4.80. The molecule has 0 spiro atoms. The molecule has 1 aliphatic rings. The van der Waals surface area contributed by atoms with Gasteiger partial charge in [0.1, 0.15) is 0 Å². The van der Waals surface area contributed by atoms with Gasteiger partial charge < -0.3 is 5.32 Å². The van der Waals surface area contributed by atoms with Crippen LogP contribution in [0, 0.1) is 0 Å². The summed E-state index contributed by atoms with van der Waals surface area (Å²) >= 11 is 1.77. The molecule has 2 heterocycles. The van der Waals surface area contributed by atoms with Crippen molar-refractivity contribution in [2.75, 3.05) is 6.54 Å². The highest BCUT2D eigenvalue weighted by Crippen LogP contribution is 2.31. The van der Waals surface area contributed by atoms with Gasteiger partial charge in [-0.3, -0.25) is 0 Å². The fourth-order valence-electron chi connectivity index (χ4n) is 2.39. The van der Waals surface area contributed by atoms with Crippen LogP contribution in [0.5, 0.6) is 0 Å². The first-order chi connectivity index (χ1) is 9.04. The molecule has 0 fully saturated rings. The van der Waals surface area contributed by atoms with Crippen LogP contribution in [-0.2, 0) is 18.4 Å². The molecule has 0 amide bonds. The quantitative estimate of drug-likeness (QED) is 0.855. The number of rotatable bonds is 1. The van der Waals surface area contributed by atoms with Crippen LogP contribution >= 0.6 is 11.3 Å². The van der Waals surface area contributed by atoms with Gasteiger partial charge in [0, 0.05) is 22.9 Å². The van der Waals surface area contributed by atoms with Crippen LogP contribution < -0.4 is 5.32 Å². The summed E-state index contributed by atoms with van der Waals surface area (Å²) in [5.74, 6) is 0. The normalized spacial score (nSPS) is 15.3. The van der Waals surface area contributed by atoms with Gasteiger partial charge in [0.05, 0.1) is 10.7 Å². The molecule has 1 N–H and O–H groups in total. The van der Waals surface area contributed by atoms with Crippen LogP contribution in [0.1, 0.15) is 36.9 Å². The van der Waals surface area contributed by atoms with Gasteiger partial charge in [0.2, 0.25) is 0 Å². The smallest absolute Gasteiger partial charge is 0.0986 e. The fraction of sp³-hybridized carbons (Fsp3) is 0.438. The molecule has 100 valence electrons. The maximum Gasteiger partial charge on any atom is 0.0986 e. The van der Waals surface area contributed by atoms with E-state index in [0.717, 1.165) is 25.2 Å².